The van der Waals surface area contributed by atoms with Crippen molar-refractivity contribution in [1.82, 2.24) is 4.90 Å². The summed E-state index contributed by atoms with van der Waals surface area (Å²) in [7, 11) is 2.22. The Balaban J connectivity index is 2.58. The average molecular weight is 270 g/mol. The highest BCUT2D eigenvalue weighted by atomic mass is 16.5. The van der Waals surface area contributed by atoms with Crippen LogP contribution in [0.5, 0.6) is 0 Å². The van der Waals surface area contributed by atoms with Crippen LogP contribution < -0.4 is 5.73 Å². The second-order valence-corrected chi connectivity index (χ2v) is 6.48. The molecule has 0 aromatic rings. The van der Waals surface area contributed by atoms with E-state index in [2.05, 4.69) is 32.7 Å². The van der Waals surface area contributed by atoms with E-state index < -0.39 is 0 Å². The van der Waals surface area contributed by atoms with Crippen molar-refractivity contribution >= 4 is 0 Å². The first-order valence-electron chi connectivity index (χ1n) is 8.04. The lowest BCUT2D eigenvalue weighted by atomic mass is 9.85. The predicted octanol–water partition coefficient (Wildman–Crippen LogP) is 2.89. The van der Waals surface area contributed by atoms with Crippen LogP contribution in [0.25, 0.3) is 0 Å². The van der Waals surface area contributed by atoms with Gasteiger partial charge in [-0.25, -0.2) is 0 Å². The summed E-state index contributed by atoms with van der Waals surface area (Å²) < 4.78 is 5.49. The van der Waals surface area contributed by atoms with Crippen molar-refractivity contribution in [3.63, 3.8) is 0 Å². The third-order valence-electron chi connectivity index (χ3n) is 5.11. The molecule has 1 aliphatic carbocycles. The first-order chi connectivity index (χ1) is 9.05. The van der Waals surface area contributed by atoms with Crippen molar-refractivity contribution in [2.24, 2.45) is 17.6 Å². The van der Waals surface area contributed by atoms with Gasteiger partial charge in [0.25, 0.3) is 0 Å². The van der Waals surface area contributed by atoms with Crippen LogP contribution in [0.1, 0.15) is 52.9 Å². The highest BCUT2D eigenvalue weighted by molar-refractivity contribution is 4.93. The number of ether oxygens (including phenoxy) is 1. The van der Waals surface area contributed by atoms with Gasteiger partial charge in [-0.2, -0.15) is 0 Å². The van der Waals surface area contributed by atoms with E-state index in [9.17, 15) is 0 Å². The zero-order valence-corrected chi connectivity index (χ0v) is 13.5. The fourth-order valence-electron chi connectivity index (χ4n) is 3.41. The summed E-state index contributed by atoms with van der Waals surface area (Å²) in [6.45, 7) is 10.2. The first kappa shape index (κ1) is 16.9. The van der Waals surface area contributed by atoms with Gasteiger partial charge >= 0.3 is 0 Å². The first-order valence-corrected chi connectivity index (χ1v) is 8.04. The fraction of sp³-hybridized carbons (Fsp3) is 1.00. The maximum Gasteiger partial charge on any atom is 0.0593 e. The summed E-state index contributed by atoms with van der Waals surface area (Å²) in [6, 6.07) is 0. The molecule has 3 heteroatoms. The van der Waals surface area contributed by atoms with Crippen LogP contribution in [-0.4, -0.2) is 43.8 Å². The lowest BCUT2D eigenvalue weighted by molar-refractivity contribution is 0.0576. The number of likely N-dealkylation sites (N-methyl/N-ethyl adjacent to an activating group) is 1. The van der Waals surface area contributed by atoms with E-state index in [0.717, 1.165) is 38.1 Å². The zero-order valence-electron chi connectivity index (χ0n) is 13.5. The molecule has 0 aromatic heterocycles. The minimum atomic E-state index is 0.209. The van der Waals surface area contributed by atoms with Gasteiger partial charge in [0.2, 0.25) is 0 Å². The third-order valence-corrected chi connectivity index (χ3v) is 5.11. The van der Waals surface area contributed by atoms with E-state index in [1.165, 1.54) is 32.1 Å². The van der Waals surface area contributed by atoms with Gasteiger partial charge in [0, 0.05) is 25.2 Å². The summed E-state index contributed by atoms with van der Waals surface area (Å²) in [5.41, 5.74) is 6.36. The maximum absolute atomic E-state index is 6.15. The van der Waals surface area contributed by atoms with Gasteiger partial charge in [0.15, 0.2) is 0 Å². The monoisotopic (exact) mass is 270 g/mol. The number of hydrogen-bond donors (Lipinski definition) is 1. The van der Waals surface area contributed by atoms with Gasteiger partial charge in [-0.1, -0.05) is 26.7 Å². The van der Waals surface area contributed by atoms with Crippen molar-refractivity contribution in [3.8, 4) is 0 Å². The minimum absolute atomic E-state index is 0.209. The molecular formula is C16H34N2O. The fourth-order valence-corrected chi connectivity index (χ4v) is 3.41. The van der Waals surface area contributed by atoms with E-state index in [4.69, 9.17) is 10.5 Å². The normalized spacial score (nSPS) is 28.9. The topological polar surface area (TPSA) is 38.5 Å². The Morgan fingerprint density at radius 1 is 1.32 bits per heavy atom. The molecule has 0 bridgehead atoms. The molecular weight excluding hydrogens is 236 g/mol. The van der Waals surface area contributed by atoms with E-state index >= 15 is 0 Å². The molecule has 0 saturated heterocycles. The predicted molar refractivity (Wildman–Crippen MR) is 82.3 cm³/mol. The van der Waals surface area contributed by atoms with Gasteiger partial charge in [-0.3, -0.25) is 4.90 Å². The smallest absolute Gasteiger partial charge is 0.0593 e. The molecule has 2 unspecified atom stereocenters. The van der Waals surface area contributed by atoms with Gasteiger partial charge in [-0.05, 0) is 45.1 Å². The summed E-state index contributed by atoms with van der Waals surface area (Å²) >= 11 is 0. The Morgan fingerprint density at radius 2 is 2.05 bits per heavy atom. The van der Waals surface area contributed by atoms with Gasteiger partial charge in [-0.15, -0.1) is 0 Å². The van der Waals surface area contributed by atoms with Crippen LogP contribution >= 0.6 is 0 Å². The SMILES string of the molecule is CCOCCN(C)C1(CN)CCCC(C(C)C)CC1. The zero-order chi connectivity index (χ0) is 14.3. The van der Waals surface area contributed by atoms with Crippen molar-refractivity contribution < 1.29 is 4.74 Å². The molecule has 0 aliphatic heterocycles. The highest BCUT2D eigenvalue weighted by Gasteiger charge is 2.35. The molecule has 1 fully saturated rings. The molecule has 0 spiro atoms. The van der Waals surface area contributed by atoms with Crippen molar-refractivity contribution in [3.05, 3.63) is 0 Å². The number of rotatable bonds is 7. The highest BCUT2D eigenvalue weighted by Crippen LogP contribution is 2.36. The van der Waals surface area contributed by atoms with Crippen LogP contribution in [0.3, 0.4) is 0 Å². The van der Waals surface area contributed by atoms with Crippen LogP contribution in [-0.2, 0) is 4.74 Å². The number of nitrogens with two attached hydrogens (primary N) is 1. The van der Waals surface area contributed by atoms with Gasteiger partial charge < -0.3 is 10.5 Å². The Kier molecular flexibility index (Phi) is 7.33. The molecule has 3 nitrogen and oxygen atoms in total. The van der Waals surface area contributed by atoms with Crippen molar-refractivity contribution in [1.29, 1.82) is 0 Å². The molecule has 0 aromatic carbocycles. The summed E-state index contributed by atoms with van der Waals surface area (Å²) in [5.74, 6) is 1.69. The Labute approximate surface area is 119 Å². The molecule has 0 heterocycles. The summed E-state index contributed by atoms with van der Waals surface area (Å²) in [5, 5.41) is 0. The lowest BCUT2D eigenvalue weighted by Crippen LogP contribution is -2.52. The standard InChI is InChI=1S/C16H34N2O/c1-5-19-12-11-18(4)16(13-17)9-6-7-15(8-10-16)14(2)3/h14-15H,5-13,17H2,1-4H3. The van der Waals surface area contributed by atoms with Crippen LogP contribution in [0.2, 0.25) is 0 Å². The summed E-state index contributed by atoms with van der Waals surface area (Å²) in [6.07, 6.45) is 6.51. The quantitative estimate of drug-likeness (QED) is 0.571. The lowest BCUT2D eigenvalue weighted by Gasteiger charge is -2.41. The second-order valence-electron chi connectivity index (χ2n) is 6.48. The molecule has 2 atom stereocenters. The van der Waals surface area contributed by atoms with Crippen LogP contribution in [0.4, 0.5) is 0 Å². The van der Waals surface area contributed by atoms with E-state index in [1.54, 1.807) is 0 Å². The number of hydrogen-bond acceptors (Lipinski definition) is 3. The minimum Gasteiger partial charge on any atom is -0.380 e. The van der Waals surface area contributed by atoms with Crippen LogP contribution in [0, 0.1) is 11.8 Å². The van der Waals surface area contributed by atoms with Crippen molar-refractivity contribution in [2.75, 3.05) is 33.4 Å². The van der Waals surface area contributed by atoms with E-state index in [-0.39, 0.29) is 5.54 Å². The molecule has 114 valence electrons. The molecule has 1 rings (SSSR count). The molecule has 0 amide bonds. The maximum atomic E-state index is 6.15. The largest absolute Gasteiger partial charge is 0.380 e. The Morgan fingerprint density at radius 3 is 2.63 bits per heavy atom. The van der Waals surface area contributed by atoms with Gasteiger partial charge in [0.05, 0.1) is 6.61 Å². The Hall–Kier alpha value is -0.120. The molecule has 1 aliphatic rings. The average Bonchev–Trinajstić information content (AvgIpc) is 2.62. The third kappa shape index (κ3) is 4.73. The van der Waals surface area contributed by atoms with Crippen LogP contribution in [0.15, 0.2) is 0 Å². The van der Waals surface area contributed by atoms with E-state index in [1.807, 2.05) is 0 Å². The van der Waals surface area contributed by atoms with Crippen molar-refractivity contribution in [2.45, 2.75) is 58.4 Å². The van der Waals surface area contributed by atoms with E-state index in [0.29, 0.717) is 0 Å². The molecule has 2 N–H and O–H groups in total. The molecule has 0 radical (unpaired) electrons. The summed E-state index contributed by atoms with van der Waals surface area (Å²) in [4.78, 5) is 2.46. The molecule has 1 saturated carbocycles. The van der Waals surface area contributed by atoms with Gasteiger partial charge in [0.1, 0.15) is 0 Å². The Bertz CT molecular complexity index is 245. The molecule has 19 heavy (non-hydrogen) atoms. The second kappa shape index (κ2) is 8.23. The number of nitrogens with zero attached hydrogens (tertiary/aromatic N) is 1.